The molecule has 0 aliphatic rings. The van der Waals surface area contributed by atoms with Crippen LogP contribution in [-0.4, -0.2) is 18.6 Å². The predicted octanol–water partition coefficient (Wildman–Crippen LogP) is 4.12. The van der Waals surface area contributed by atoms with Crippen LogP contribution in [0.5, 0.6) is 0 Å². The van der Waals surface area contributed by atoms with Gasteiger partial charge >= 0.3 is 6.09 Å². The Hall–Kier alpha value is -2.82. The maximum atomic E-state index is 12.4. The zero-order valence-electron chi connectivity index (χ0n) is 13.5. The minimum atomic E-state index is -0.542. The number of hydrogen-bond acceptors (Lipinski definition) is 3. The van der Waals surface area contributed by atoms with Crippen LogP contribution in [0.1, 0.15) is 28.4 Å². The van der Waals surface area contributed by atoms with Gasteiger partial charge in [0.05, 0.1) is 6.61 Å². The molecule has 2 amide bonds. The molecule has 0 radical (unpaired) electrons. The average molecular weight is 312 g/mol. The van der Waals surface area contributed by atoms with Gasteiger partial charge in [0.15, 0.2) is 0 Å². The third-order valence-electron chi connectivity index (χ3n) is 3.50. The highest BCUT2D eigenvalue weighted by molar-refractivity contribution is 6.05. The molecule has 0 saturated carbocycles. The standard InChI is InChI=1S/C18H20N2O3/c1-4-23-18(22)19-15-9-6-8-14(11-15)17(21)20-16-10-5-7-12(2)13(16)3/h5-11H,4H2,1-3H3,(H,19,22)(H,20,21). The molecule has 0 unspecified atom stereocenters. The third-order valence-corrected chi connectivity index (χ3v) is 3.50. The van der Waals surface area contributed by atoms with Gasteiger partial charge in [-0.2, -0.15) is 0 Å². The molecular weight excluding hydrogens is 292 g/mol. The van der Waals surface area contributed by atoms with Crippen LogP contribution in [0, 0.1) is 13.8 Å². The third kappa shape index (κ3) is 4.32. The summed E-state index contributed by atoms with van der Waals surface area (Å²) in [5.74, 6) is -0.230. The fraction of sp³-hybridized carbons (Fsp3) is 0.222. The second kappa shape index (κ2) is 7.45. The van der Waals surface area contributed by atoms with Gasteiger partial charge in [-0.1, -0.05) is 18.2 Å². The van der Waals surface area contributed by atoms with Gasteiger partial charge in [-0.05, 0) is 56.2 Å². The molecular formula is C18H20N2O3. The number of amides is 2. The summed E-state index contributed by atoms with van der Waals surface area (Å²) in [4.78, 5) is 23.8. The van der Waals surface area contributed by atoms with Crippen molar-refractivity contribution in [3.05, 3.63) is 59.2 Å². The molecule has 0 fully saturated rings. The minimum Gasteiger partial charge on any atom is -0.450 e. The molecule has 0 atom stereocenters. The molecule has 0 saturated heterocycles. The smallest absolute Gasteiger partial charge is 0.411 e. The van der Waals surface area contributed by atoms with E-state index >= 15 is 0 Å². The van der Waals surface area contributed by atoms with E-state index in [0.29, 0.717) is 17.9 Å². The van der Waals surface area contributed by atoms with Crippen LogP contribution >= 0.6 is 0 Å². The summed E-state index contributed by atoms with van der Waals surface area (Å²) in [5, 5.41) is 5.47. The van der Waals surface area contributed by atoms with Gasteiger partial charge in [0, 0.05) is 16.9 Å². The molecule has 2 aromatic rings. The number of carbonyl (C=O) groups excluding carboxylic acids is 2. The largest absolute Gasteiger partial charge is 0.450 e. The topological polar surface area (TPSA) is 67.4 Å². The van der Waals surface area contributed by atoms with Crippen molar-refractivity contribution in [3.8, 4) is 0 Å². The van der Waals surface area contributed by atoms with Gasteiger partial charge in [0.1, 0.15) is 0 Å². The Morgan fingerprint density at radius 1 is 1.04 bits per heavy atom. The van der Waals surface area contributed by atoms with E-state index in [1.54, 1.807) is 31.2 Å². The van der Waals surface area contributed by atoms with Crippen LogP contribution < -0.4 is 10.6 Å². The molecule has 0 bridgehead atoms. The molecule has 0 aliphatic heterocycles. The van der Waals surface area contributed by atoms with E-state index in [4.69, 9.17) is 4.74 Å². The van der Waals surface area contributed by atoms with E-state index in [1.165, 1.54) is 0 Å². The zero-order valence-corrected chi connectivity index (χ0v) is 13.5. The van der Waals surface area contributed by atoms with E-state index in [1.807, 2.05) is 32.0 Å². The number of anilines is 2. The highest BCUT2D eigenvalue weighted by Crippen LogP contribution is 2.19. The summed E-state index contributed by atoms with van der Waals surface area (Å²) in [6.07, 6.45) is -0.542. The minimum absolute atomic E-state index is 0.230. The summed E-state index contributed by atoms with van der Waals surface area (Å²) in [7, 11) is 0. The second-order valence-electron chi connectivity index (χ2n) is 5.13. The van der Waals surface area contributed by atoms with Gasteiger partial charge in [-0.25, -0.2) is 4.79 Å². The quantitative estimate of drug-likeness (QED) is 0.892. The molecule has 0 spiro atoms. The average Bonchev–Trinajstić information content (AvgIpc) is 2.52. The molecule has 2 N–H and O–H groups in total. The molecule has 5 nitrogen and oxygen atoms in total. The lowest BCUT2D eigenvalue weighted by Crippen LogP contribution is -2.15. The van der Waals surface area contributed by atoms with Crippen LogP contribution in [0.15, 0.2) is 42.5 Å². The maximum absolute atomic E-state index is 12.4. The van der Waals surface area contributed by atoms with Crippen LogP contribution in [0.4, 0.5) is 16.2 Å². The number of nitrogens with one attached hydrogen (secondary N) is 2. The normalized spacial score (nSPS) is 10.0. The first kappa shape index (κ1) is 16.5. The Labute approximate surface area is 135 Å². The first-order valence-corrected chi connectivity index (χ1v) is 7.42. The number of ether oxygens (including phenoxy) is 1. The van der Waals surface area contributed by atoms with Crippen molar-refractivity contribution in [2.45, 2.75) is 20.8 Å². The number of carbonyl (C=O) groups is 2. The molecule has 2 aromatic carbocycles. The van der Waals surface area contributed by atoms with Gasteiger partial charge in [-0.15, -0.1) is 0 Å². The monoisotopic (exact) mass is 312 g/mol. The molecule has 120 valence electrons. The van der Waals surface area contributed by atoms with Gasteiger partial charge < -0.3 is 10.1 Å². The second-order valence-corrected chi connectivity index (χ2v) is 5.13. The summed E-state index contributed by atoms with van der Waals surface area (Å²) >= 11 is 0. The molecule has 0 heterocycles. The lowest BCUT2D eigenvalue weighted by molar-refractivity contribution is 0.102. The molecule has 5 heteroatoms. The van der Waals surface area contributed by atoms with E-state index < -0.39 is 6.09 Å². The Morgan fingerprint density at radius 2 is 1.78 bits per heavy atom. The van der Waals surface area contributed by atoms with Crippen molar-refractivity contribution < 1.29 is 14.3 Å². The van der Waals surface area contributed by atoms with E-state index in [2.05, 4.69) is 10.6 Å². The molecule has 0 aromatic heterocycles. The summed E-state index contributed by atoms with van der Waals surface area (Å²) in [6.45, 7) is 5.98. The predicted molar refractivity (Wildman–Crippen MR) is 91.0 cm³/mol. The molecule has 2 rings (SSSR count). The lowest BCUT2D eigenvalue weighted by Gasteiger charge is -2.11. The van der Waals surface area contributed by atoms with E-state index in [0.717, 1.165) is 16.8 Å². The van der Waals surface area contributed by atoms with Gasteiger partial charge in [0.2, 0.25) is 0 Å². The van der Waals surface area contributed by atoms with Crippen molar-refractivity contribution >= 4 is 23.4 Å². The summed E-state index contributed by atoms with van der Waals surface area (Å²) in [5.41, 5.74) is 3.89. The summed E-state index contributed by atoms with van der Waals surface area (Å²) in [6, 6.07) is 12.5. The highest BCUT2D eigenvalue weighted by Gasteiger charge is 2.10. The van der Waals surface area contributed by atoms with Crippen molar-refractivity contribution in [2.75, 3.05) is 17.2 Å². The van der Waals surface area contributed by atoms with Crippen LogP contribution in [0.3, 0.4) is 0 Å². The van der Waals surface area contributed by atoms with Crippen molar-refractivity contribution in [1.82, 2.24) is 0 Å². The Kier molecular flexibility index (Phi) is 5.36. The van der Waals surface area contributed by atoms with Crippen molar-refractivity contribution in [2.24, 2.45) is 0 Å². The van der Waals surface area contributed by atoms with E-state index in [9.17, 15) is 9.59 Å². The SMILES string of the molecule is CCOC(=O)Nc1cccc(C(=O)Nc2cccc(C)c2C)c1. The Balaban J connectivity index is 2.13. The van der Waals surface area contributed by atoms with Gasteiger partial charge in [-0.3, -0.25) is 10.1 Å². The first-order valence-electron chi connectivity index (χ1n) is 7.42. The summed E-state index contributed by atoms with van der Waals surface area (Å²) < 4.78 is 4.82. The Bertz CT molecular complexity index is 726. The van der Waals surface area contributed by atoms with Crippen LogP contribution in [-0.2, 0) is 4.74 Å². The molecule has 23 heavy (non-hydrogen) atoms. The number of rotatable bonds is 4. The Morgan fingerprint density at radius 3 is 2.52 bits per heavy atom. The highest BCUT2D eigenvalue weighted by atomic mass is 16.5. The van der Waals surface area contributed by atoms with Gasteiger partial charge in [0.25, 0.3) is 5.91 Å². The number of hydrogen-bond donors (Lipinski definition) is 2. The lowest BCUT2D eigenvalue weighted by atomic mass is 10.1. The zero-order chi connectivity index (χ0) is 16.8. The first-order chi connectivity index (χ1) is 11.0. The molecule has 0 aliphatic carbocycles. The van der Waals surface area contributed by atoms with Crippen LogP contribution in [0.25, 0.3) is 0 Å². The van der Waals surface area contributed by atoms with Crippen LogP contribution in [0.2, 0.25) is 0 Å². The number of benzene rings is 2. The van der Waals surface area contributed by atoms with Crippen molar-refractivity contribution in [1.29, 1.82) is 0 Å². The number of aryl methyl sites for hydroxylation is 1. The van der Waals surface area contributed by atoms with E-state index in [-0.39, 0.29) is 5.91 Å². The fourth-order valence-electron chi connectivity index (χ4n) is 2.10. The maximum Gasteiger partial charge on any atom is 0.411 e. The fourth-order valence-corrected chi connectivity index (χ4v) is 2.10. The van der Waals surface area contributed by atoms with Crippen molar-refractivity contribution in [3.63, 3.8) is 0 Å².